The second-order valence-corrected chi connectivity index (χ2v) is 6.76. The fourth-order valence-electron chi connectivity index (χ4n) is 3.19. The van der Waals surface area contributed by atoms with Gasteiger partial charge in [0.25, 0.3) is 0 Å². The monoisotopic (exact) mass is 405 g/mol. The van der Waals surface area contributed by atoms with Gasteiger partial charge in [0, 0.05) is 22.9 Å². The summed E-state index contributed by atoms with van der Waals surface area (Å²) in [5.74, 6) is -0.315. The van der Waals surface area contributed by atoms with E-state index in [4.69, 9.17) is 14.1 Å². The van der Waals surface area contributed by atoms with Crippen molar-refractivity contribution >= 4 is 5.65 Å². The number of benzene rings is 1. The Balaban J connectivity index is 1.46. The van der Waals surface area contributed by atoms with E-state index in [1.165, 1.54) is 17.1 Å². The molecule has 4 heterocycles. The molecule has 5 rings (SSSR count). The first-order chi connectivity index (χ1) is 14.7. The summed E-state index contributed by atoms with van der Waals surface area (Å²) < 4.78 is 28.5. The number of nitrogens with zero attached hydrogens (tertiary/aromatic N) is 7. The largest absolute Gasteiger partial charge is 0.486 e. The van der Waals surface area contributed by atoms with Crippen LogP contribution in [0.4, 0.5) is 4.39 Å². The van der Waals surface area contributed by atoms with Crippen molar-refractivity contribution in [3.63, 3.8) is 0 Å². The van der Waals surface area contributed by atoms with Crippen LogP contribution in [0.25, 0.3) is 28.0 Å². The standard InChI is InChI=1S/C20H16FN7O2/c1-13(10-27-12-22-25-26-27)30-19-8-14(2-3-17(19)21)18-4-6-28-20(24-18)16(9-23-28)15-5-7-29-11-15/h2-9,11-13H,10H2,1H3/t13-/m0/s1. The molecule has 1 atom stereocenters. The Morgan fingerprint density at radius 1 is 1.20 bits per heavy atom. The number of aromatic nitrogens is 7. The first-order valence-electron chi connectivity index (χ1n) is 9.22. The number of furan rings is 1. The molecule has 0 bridgehead atoms. The van der Waals surface area contributed by atoms with Crippen LogP contribution < -0.4 is 4.74 Å². The highest BCUT2D eigenvalue weighted by molar-refractivity contribution is 5.78. The molecule has 0 radical (unpaired) electrons. The summed E-state index contributed by atoms with van der Waals surface area (Å²) in [5.41, 5.74) is 3.80. The highest BCUT2D eigenvalue weighted by atomic mass is 19.1. The fourth-order valence-corrected chi connectivity index (χ4v) is 3.19. The third kappa shape index (κ3) is 3.39. The minimum Gasteiger partial charge on any atom is -0.486 e. The van der Waals surface area contributed by atoms with Crippen molar-refractivity contribution < 1.29 is 13.5 Å². The Bertz CT molecular complexity index is 1280. The van der Waals surface area contributed by atoms with Gasteiger partial charge in [-0.15, -0.1) is 5.10 Å². The molecular formula is C20H16FN7O2. The molecule has 0 N–H and O–H groups in total. The predicted molar refractivity (Wildman–Crippen MR) is 104 cm³/mol. The van der Waals surface area contributed by atoms with Gasteiger partial charge in [-0.25, -0.2) is 18.6 Å². The van der Waals surface area contributed by atoms with E-state index in [0.717, 1.165) is 16.7 Å². The lowest BCUT2D eigenvalue weighted by Crippen LogP contribution is -2.20. The predicted octanol–water partition coefficient (Wildman–Crippen LogP) is 3.25. The van der Waals surface area contributed by atoms with Gasteiger partial charge in [-0.05, 0) is 47.7 Å². The van der Waals surface area contributed by atoms with Crippen LogP contribution in [-0.2, 0) is 6.54 Å². The maximum atomic E-state index is 14.4. The number of halogens is 1. The molecule has 0 unspecified atom stereocenters. The summed E-state index contributed by atoms with van der Waals surface area (Å²) in [5, 5.41) is 15.3. The number of hydrogen-bond donors (Lipinski definition) is 0. The van der Waals surface area contributed by atoms with Crippen molar-refractivity contribution in [2.45, 2.75) is 19.6 Å². The van der Waals surface area contributed by atoms with Crippen LogP contribution in [-0.4, -0.2) is 40.9 Å². The normalized spacial score (nSPS) is 12.3. The van der Waals surface area contributed by atoms with Crippen LogP contribution in [0.1, 0.15) is 6.92 Å². The van der Waals surface area contributed by atoms with Crippen LogP contribution in [0.15, 0.2) is 66.0 Å². The molecule has 5 aromatic rings. The van der Waals surface area contributed by atoms with Gasteiger partial charge in [0.1, 0.15) is 12.4 Å². The number of ether oxygens (including phenoxy) is 1. The minimum absolute atomic E-state index is 0.137. The third-order valence-corrected chi connectivity index (χ3v) is 4.59. The number of fused-ring (bicyclic) bond motifs is 1. The summed E-state index contributed by atoms with van der Waals surface area (Å²) >= 11 is 0. The van der Waals surface area contributed by atoms with Crippen LogP contribution >= 0.6 is 0 Å². The maximum absolute atomic E-state index is 14.4. The fraction of sp³-hybridized carbons (Fsp3) is 0.150. The molecule has 4 aromatic heterocycles. The maximum Gasteiger partial charge on any atom is 0.165 e. The van der Waals surface area contributed by atoms with E-state index in [1.807, 2.05) is 25.3 Å². The Morgan fingerprint density at radius 2 is 2.13 bits per heavy atom. The second-order valence-electron chi connectivity index (χ2n) is 6.76. The molecule has 0 amide bonds. The first-order valence-corrected chi connectivity index (χ1v) is 9.22. The quantitative estimate of drug-likeness (QED) is 0.428. The van der Waals surface area contributed by atoms with Crippen LogP contribution in [0.3, 0.4) is 0 Å². The van der Waals surface area contributed by atoms with E-state index in [9.17, 15) is 4.39 Å². The van der Waals surface area contributed by atoms with E-state index < -0.39 is 5.82 Å². The number of hydrogen-bond acceptors (Lipinski definition) is 7. The number of tetrazole rings is 1. The molecule has 0 aliphatic heterocycles. The molecule has 0 saturated carbocycles. The molecule has 0 fully saturated rings. The molecule has 0 aliphatic rings. The zero-order valence-electron chi connectivity index (χ0n) is 15.9. The molecule has 10 heteroatoms. The van der Waals surface area contributed by atoms with E-state index in [1.54, 1.807) is 35.4 Å². The van der Waals surface area contributed by atoms with Gasteiger partial charge < -0.3 is 9.15 Å². The minimum atomic E-state index is -0.452. The molecular weight excluding hydrogens is 389 g/mol. The summed E-state index contributed by atoms with van der Waals surface area (Å²) in [6.07, 6.45) is 7.93. The topological polar surface area (TPSA) is 96.2 Å². The Kier molecular flexibility index (Phi) is 4.43. The summed E-state index contributed by atoms with van der Waals surface area (Å²) in [6, 6.07) is 8.34. The van der Waals surface area contributed by atoms with Gasteiger partial charge >= 0.3 is 0 Å². The van der Waals surface area contributed by atoms with Crippen LogP contribution in [0, 0.1) is 5.82 Å². The average molecular weight is 405 g/mol. The number of rotatable bonds is 6. The zero-order chi connectivity index (χ0) is 20.5. The van der Waals surface area contributed by atoms with Crippen molar-refractivity contribution in [3.8, 4) is 28.1 Å². The molecule has 1 aromatic carbocycles. The van der Waals surface area contributed by atoms with Crippen LogP contribution in [0.2, 0.25) is 0 Å². The Hall–Kier alpha value is -4.08. The second kappa shape index (κ2) is 7.39. The highest BCUT2D eigenvalue weighted by Gasteiger charge is 2.14. The molecule has 0 spiro atoms. The van der Waals surface area contributed by atoms with Crippen molar-refractivity contribution in [3.05, 3.63) is 67.4 Å². The molecule has 0 saturated heterocycles. The summed E-state index contributed by atoms with van der Waals surface area (Å²) in [7, 11) is 0. The van der Waals surface area contributed by atoms with E-state index in [-0.39, 0.29) is 11.9 Å². The third-order valence-electron chi connectivity index (χ3n) is 4.59. The summed E-state index contributed by atoms with van der Waals surface area (Å²) in [4.78, 5) is 4.72. The van der Waals surface area contributed by atoms with Crippen molar-refractivity contribution in [2.24, 2.45) is 0 Å². The lowest BCUT2D eigenvalue weighted by Gasteiger charge is -2.15. The van der Waals surface area contributed by atoms with E-state index >= 15 is 0 Å². The van der Waals surface area contributed by atoms with Gasteiger partial charge in [0.15, 0.2) is 17.2 Å². The van der Waals surface area contributed by atoms with Crippen molar-refractivity contribution in [1.82, 2.24) is 34.8 Å². The van der Waals surface area contributed by atoms with Crippen molar-refractivity contribution in [2.75, 3.05) is 0 Å². The molecule has 150 valence electrons. The zero-order valence-corrected chi connectivity index (χ0v) is 15.9. The smallest absolute Gasteiger partial charge is 0.165 e. The van der Waals surface area contributed by atoms with Crippen molar-refractivity contribution in [1.29, 1.82) is 0 Å². The van der Waals surface area contributed by atoms with Gasteiger partial charge in [-0.2, -0.15) is 5.10 Å². The van der Waals surface area contributed by atoms with E-state index in [2.05, 4.69) is 20.6 Å². The SMILES string of the molecule is C[C@@H](Cn1cnnn1)Oc1cc(-c2ccn3ncc(-c4ccoc4)c3n2)ccc1F. The Labute approximate surface area is 169 Å². The van der Waals surface area contributed by atoms with Gasteiger partial charge in [0.05, 0.1) is 31.0 Å². The Morgan fingerprint density at radius 3 is 2.93 bits per heavy atom. The average Bonchev–Trinajstić information content (AvgIpc) is 3.50. The summed E-state index contributed by atoms with van der Waals surface area (Å²) in [6.45, 7) is 2.21. The lowest BCUT2D eigenvalue weighted by molar-refractivity contribution is 0.185. The lowest BCUT2D eigenvalue weighted by atomic mass is 10.1. The van der Waals surface area contributed by atoms with E-state index in [0.29, 0.717) is 17.9 Å². The molecule has 30 heavy (non-hydrogen) atoms. The first kappa shape index (κ1) is 18.0. The molecule has 9 nitrogen and oxygen atoms in total. The van der Waals surface area contributed by atoms with Crippen LogP contribution in [0.5, 0.6) is 5.75 Å². The van der Waals surface area contributed by atoms with Gasteiger partial charge in [0.2, 0.25) is 0 Å². The van der Waals surface area contributed by atoms with Gasteiger partial charge in [-0.1, -0.05) is 0 Å². The van der Waals surface area contributed by atoms with Gasteiger partial charge in [-0.3, -0.25) is 0 Å². The molecule has 0 aliphatic carbocycles. The highest BCUT2D eigenvalue weighted by Crippen LogP contribution is 2.29.